The number of benzene rings is 1. The van der Waals surface area contributed by atoms with Crippen LogP contribution in [0.15, 0.2) is 60.4 Å². The lowest BCUT2D eigenvalue weighted by Gasteiger charge is -2.37. The molecule has 0 spiro atoms. The van der Waals surface area contributed by atoms with Crippen molar-refractivity contribution < 1.29 is 4.39 Å². The average Bonchev–Trinajstić information content (AvgIpc) is 3.37. The fourth-order valence-electron chi connectivity index (χ4n) is 5.35. The molecule has 0 bridgehead atoms. The molecular formula is C24H26FN3. The molecule has 0 saturated carbocycles. The summed E-state index contributed by atoms with van der Waals surface area (Å²) in [6.45, 7) is 5.59. The summed E-state index contributed by atoms with van der Waals surface area (Å²) in [5, 5.41) is 3.65. The lowest BCUT2D eigenvalue weighted by atomic mass is 9.77. The van der Waals surface area contributed by atoms with E-state index in [9.17, 15) is 4.39 Å². The van der Waals surface area contributed by atoms with Gasteiger partial charge in [0.25, 0.3) is 0 Å². The van der Waals surface area contributed by atoms with Gasteiger partial charge in [-0.15, -0.1) is 0 Å². The second kappa shape index (κ2) is 7.17. The minimum atomic E-state index is -0.200. The molecule has 2 aromatic rings. The molecule has 5 rings (SSSR count). The van der Waals surface area contributed by atoms with Gasteiger partial charge in [0.15, 0.2) is 0 Å². The van der Waals surface area contributed by atoms with Crippen molar-refractivity contribution in [3.63, 3.8) is 0 Å². The van der Waals surface area contributed by atoms with Gasteiger partial charge in [0, 0.05) is 43.1 Å². The van der Waals surface area contributed by atoms with Gasteiger partial charge >= 0.3 is 0 Å². The quantitative estimate of drug-likeness (QED) is 0.809. The van der Waals surface area contributed by atoms with E-state index in [-0.39, 0.29) is 5.82 Å². The van der Waals surface area contributed by atoms with Gasteiger partial charge in [-0.25, -0.2) is 4.39 Å². The summed E-state index contributed by atoms with van der Waals surface area (Å²) in [4.78, 5) is 6.84. The van der Waals surface area contributed by atoms with Crippen molar-refractivity contribution in [2.24, 2.45) is 11.8 Å². The van der Waals surface area contributed by atoms with E-state index in [0.29, 0.717) is 17.9 Å². The van der Waals surface area contributed by atoms with E-state index >= 15 is 0 Å². The number of hydrogen-bond acceptors (Lipinski definition) is 3. The largest absolute Gasteiger partial charge is 0.383 e. The van der Waals surface area contributed by atoms with Crippen LogP contribution in [0.25, 0.3) is 11.3 Å². The smallest absolute Gasteiger partial charge is 0.123 e. The number of hydrogen-bond donors (Lipinski definition) is 1. The Morgan fingerprint density at radius 1 is 1.07 bits per heavy atom. The summed E-state index contributed by atoms with van der Waals surface area (Å²) < 4.78 is 13.5. The summed E-state index contributed by atoms with van der Waals surface area (Å²) in [5.74, 6) is 0.710. The van der Waals surface area contributed by atoms with Gasteiger partial charge < -0.3 is 5.32 Å². The van der Waals surface area contributed by atoms with E-state index < -0.39 is 0 Å². The highest BCUT2D eigenvalue weighted by molar-refractivity contribution is 5.94. The van der Waals surface area contributed by atoms with Gasteiger partial charge in [0.2, 0.25) is 0 Å². The molecule has 3 aliphatic rings. The van der Waals surface area contributed by atoms with E-state index in [1.165, 1.54) is 30.5 Å². The first kappa shape index (κ1) is 17.6. The Morgan fingerprint density at radius 3 is 2.64 bits per heavy atom. The Morgan fingerprint density at radius 2 is 1.86 bits per heavy atom. The third-order valence-electron chi connectivity index (χ3n) is 6.71. The molecule has 1 aromatic heterocycles. The molecule has 0 amide bonds. The molecule has 1 aromatic carbocycles. The summed E-state index contributed by atoms with van der Waals surface area (Å²) in [7, 11) is 0. The van der Waals surface area contributed by atoms with Crippen LogP contribution in [-0.4, -0.2) is 35.6 Å². The van der Waals surface area contributed by atoms with E-state index in [0.717, 1.165) is 24.4 Å². The molecule has 0 radical (unpaired) electrons. The first-order valence-corrected chi connectivity index (χ1v) is 10.3. The Balaban J connectivity index is 1.59. The van der Waals surface area contributed by atoms with Gasteiger partial charge in [-0.2, -0.15) is 0 Å². The predicted molar refractivity (Wildman–Crippen MR) is 111 cm³/mol. The molecule has 4 heterocycles. The van der Waals surface area contributed by atoms with Crippen molar-refractivity contribution in [3.05, 3.63) is 77.4 Å². The van der Waals surface area contributed by atoms with Crippen LogP contribution in [0.2, 0.25) is 0 Å². The lowest BCUT2D eigenvalue weighted by molar-refractivity contribution is 0.213. The number of fused-ring (bicyclic) bond motifs is 1. The first-order valence-electron chi connectivity index (χ1n) is 10.3. The molecule has 3 aliphatic heterocycles. The third-order valence-corrected chi connectivity index (χ3v) is 6.71. The predicted octanol–water partition coefficient (Wildman–Crippen LogP) is 4.35. The minimum absolute atomic E-state index is 0.200. The zero-order chi connectivity index (χ0) is 19.1. The van der Waals surface area contributed by atoms with Gasteiger partial charge in [0.05, 0.1) is 0 Å². The van der Waals surface area contributed by atoms with E-state index in [1.54, 1.807) is 17.7 Å². The number of pyridine rings is 1. The van der Waals surface area contributed by atoms with Crippen LogP contribution in [0.1, 0.15) is 30.9 Å². The van der Waals surface area contributed by atoms with Crippen LogP contribution in [-0.2, 0) is 0 Å². The first-order chi connectivity index (χ1) is 13.7. The molecule has 2 unspecified atom stereocenters. The molecule has 3 atom stereocenters. The van der Waals surface area contributed by atoms with E-state index in [1.807, 2.05) is 24.5 Å². The third kappa shape index (κ3) is 2.96. The Bertz CT molecular complexity index is 917. The highest BCUT2D eigenvalue weighted by atomic mass is 19.1. The highest BCUT2D eigenvalue weighted by Gasteiger charge is 2.39. The summed E-state index contributed by atoms with van der Waals surface area (Å²) in [6, 6.07) is 11.7. The van der Waals surface area contributed by atoms with Crippen molar-refractivity contribution in [1.29, 1.82) is 0 Å². The van der Waals surface area contributed by atoms with Crippen molar-refractivity contribution in [1.82, 2.24) is 15.2 Å². The Labute approximate surface area is 166 Å². The Kier molecular flexibility index (Phi) is 4.52. The summed E-state index contributed by atoms with van der Waals surface area (Å²) >= 11 is 0. The number of halogens is 1. The van der Waals surface area contributed by atoms with E-state index in [2.05, 4.69) is 40.3 Å². The zero-order valence-electron chi connectivity index (χ0n) is 16.2. The van der Waals surface area contributed by atoms with Crippen molar-refractivity contribution in [2.45, 2.75) is 25.8 Å². The van der Waals surface area contributed by atoms with Crippen LogP contribution in [0.4, 0.5) is 4.39 Å². The maximum atomic E-state index is 13.5. The standard InChI is InChI=1S/C24H26FN3/c1-16-20(10-14-28-13-2-3-22(16)28)21-15-27-24(18-4-6-19(25)7-5-18)23(21)17-8-11-26-12-9-17/h4-12,16,21-22,27H,2-3,13-15H2,1H3/t16?,21?,22-/m0/s1. The second-order valence-electron chi connectivity index (χ2n) is 8.16. The molecule has 3 nitrogen and oxygen atoms in total. The number of nitrogens with zero attached hydrogens (tertiary/aromatic N) is 2. The van der Waals surface area contributed by atoms with Gasteiger partial charge in [-0.05, 0) is 78.4 Å². The molecule has 1 N–H and O–H groups in total. The normalized spacial score (nSPS) is 27.5. The van der Waals surface area contributed by atoms with Gasteiger partial charge in [0.1, 0.15) is 5.82 Å². The van der Waals surface area contributed by atoms with Gasteiger partial charge in [-0.3, -0.25) is 9.88 Å². The molecule has 144 valence electrons. The molecule has 1 saturated heterocycles. The lowest BCUT2D eigenvalue weighted by Crippen LogP contribution is -2.41. The fourth-order valence-corrected chi connectivity index (χ4v) is 5.35. The number of nitrogens with one attached hydrogen (secondary N) is 1. The maximum absolute atomic E-state index is 13.5. The van der Waals surface area contributed by atoms with Crippen LogP contribution in [0.5, 0.6) is 0 Å². The molecule has 28 heavy (non-hydrogen) atoms. The van der Waals surface area contributed by atoms with E-state index in [4.69, 9.17) is 0 Å². The number of aromatic nitrogens is 1. The second-order valence-corrected chi connectivity index (χ2v) is 8.16. The van der Waals surface area contributed by atoms with Crippen LogP contribution in [0.3, 0.4) is 0 Å². The summed E-state index contributed by atoms with van der Waals surface area (Å²) in [5.41, 5.74) is 6.24. The fraction of sp³-hybridized carbons (Fsp3) is 0.375. The average molecular weight is 375 g/mol. The monoisotopic (exact) mass is 375 g/mol. The zero-order valence-corrected chi connectivity index (χ0v) is 16.2. The minimum Gasteiger partial charge on any atom is -0.383 e. The maximum Gasteiger partial charge on any atom is 0.123 e. The topological polar surface area (TPSA) is 28.2 Å². The van der Waals surface area contributed by atoms with Crippen LogP contribution in [0, 0.1) is 17.7 Å². The van der Waals surface area contributed by atoms with Crippen LogP contribution >= 0.6 is 0 Å². The number of rotatable bonds is 3. The molecular weight excluding hydrogens is 349 g/mol. The molecule has 1 fully saturated rings. The molecule has 0 aliphatic carbocycles. The van der Waals surface area contributed by atoms with Crippen molar-refractivity contribution in [3.8, 4) is 0 Å². The van der Waals surface area contributed by atoms with Gasteiger partial charge in [-0.1, -0.05) is 18.6 Å². The SMILES string of the molecule is CC1C(C2CNC(c3ccc(F)cc3)=C2c2ccncc2)=CCN2CCC[C@@H]12. The van der Waals surface area contributed by atoms with Crippen LogP contribution < -0.4 is 5.32 Å². The Hall–Kier alpha value is -2.46. The van der Waals surface area contributed by atoms with Crippen molar-refractivity contribution in [2.75, 3.05) is 19.6 Å². The highest BCUT2D eigenvalue weighted by Crippen LogP contribution is 2.44. The van der Waals surface area contributed by atoms with Crippen molar-refractivity contribution >= 4 is 11.3 Å². The summed E-state index contributed by atoms with van der Waals surface area (Å²) in [6.07, 6.45) is 8.80. The molecule has 4 heteroatoms.